The van der Waals surface area contributed by atoms with E-state index < -0.39 is 0 Å². The molecule has 2 aromatic carbocycles. The highest BCUT2D eigenvalue weighted by atomic mass is 35.5. The number of hydrogen-bond donors (Lipinski definition) is 4. The van der Waals surface area contributed by atoms with Crippen LogP contribution in [0.3, 0.4) is 0 Å². The predicted molar refractivity (Wildman–Crippen MR) is 110 cm³/mol. The number of nitrogens with two attached hydrogens (primary N) is 4. The monoisotopic (exact) mass is 362 g/mol. The Morgan fingerprint density at radius 3 is 1.60 bits per heavy atom. The van der Waals surface area contributed by atoms with Crippen LogP contribution in [0.1, 0.15) is 24.0 Å². The minimum atomic E-state index is 0. The lowest BCUT2D eigenvalue weighted by molar-refractivity contribution is 0.611. The van der Waals surface area contributed by atoms with Crippen molar-refractivity contribution in [3.8, 4) is 11.1 Å². The van der Waals surface area contributed by atoms with E-state index in [0.29, 0.717) is 13.1 Å². The smallest absolute Gasteiger partial charge is 0.00913 e. The maximum Gasteiger partial charge on any atom is 0.00913 e. The van der Waals surface area contributed by atoms with Gasteiger partial charge in [0.1, 0.15) is 0 Å². The van der Waals surface area contributed by atoms with Crippen LogP contribution < -0.4 is 22.9 Å². The highest BCUT2D eigenvalue weighted by Gasteiger charge is 2.10. The molecule has 0 aliphatic carbocycles. The first-order valence-electron chi connectivity index (χ1n) is 8.72. The van der Waals surface area contributed by atoms with Gasteiger partial charge in [-0.05, 0) is 61.0 Å². The summed E-state index contributed by atoms with van der Waals surface area (Å²) in [5.41, 5.74) is 28.5. The molecule has 0 heterocycles. The minimum Gasteiger partial charge on any atom is -0.330 e. The Labute approximate surface area is 157 Å². The summed E-state index contributed by atoms with van der Waals surface area (Å²) in [6.45, 7) is 1.24. The summed E-state index contributed by atoms with van der Waals surface area (Å²) in [5.74, 6) is 0. The van der Waals surface area contributed by atoms with Crippen LogP contribution >= 0.6 is 12.4 Å². The van der Waals surface area contributed by atoms with Gasteiger partial charge in [-0.15, -0.1) is 12.4 Å². The van der Waals surface area contributed by atoms with E-state index in [2.05, 4.69) is 42.5 Å². The van der Waals surface area contributed by atoms with E-state index in [1.807, 2.05) is 6.07 Å². The quantitative estimate of drug-likeness (QED) is 0.549. The Hall–Kier alpha value is -1.43. The van der Waals surface area contributed by atoms with Gasteiger partial charge in [0.25, 0.3) is 0 Å². The van der Waals surface area contributed by atoms with E-state index in [1.54, 1.807) is 0 Å². The molecule has 0 radical (unpaired) electrons. The SMILES string of the molecule is Cl.NCCC(N)Cc1cc(CC(N)CCN)cc(-c2ccccc2)c1. The van der Waals surface area contributed by atoms with Crippen molar-refractivity contribution in [3.05, 3.63) is 59.7 Å². The number of halogens is 1. The third-order valence-electron chi connectivity index (χ3n) is 4.23. The summed E-state index contributed by atoms with van der Waals surface area (Å²) in [7, 11) is 0. The lowest BCUT2D eigenvalue weighted by Crippen LogP contribution is -2.27. The number of hydrogen-bond acceptors (Lipinski definition) is 4. The van der Waals surface area contributed by atoms with E-state index >= 15 is 0 Å². The molecular formula is C20H31ClN4. The number of rotatable bonds is 9. The van der Waals surface area contributed by atoms with Crippen molar-refractivity contribution in [2.75, 3.05) is 13.1 Å². The van der Waals surface area contributed by atoms with Gasteiger partial charge in [-0.2, -0.15) is 0 Å². The highest BCUT2D eigenvalue weighted by molar-refractivity contribution is 5.85. The minimum absolute atomic E-state index is 0. The summed E-state index contributed by atoms with van der Waals surface area (Å²) in [6.07, 6.45) is 3.32. The van der Waals surface area contributed by atoms with Crippen molar-refractivity contribution >= 4 is 12.4 Å². The molecule has 0 aliphatic rings. The topological polar surface area (TPSA) is 104 Å². The average molecular weight is 363 g/mol. The second-order valence-corrected chi connectivity index (χ2v) is 6.49. The van der Waals surface area contributed by atoms with Crippen LogP contribution in [0, 0.1) is 0 Å². The molecule has 5 heteroatoms. The van der Waals surface area contributed by atoms with Crippen molar-refractivity contribution in [1.82, 2.24) is 0 Å². The molecule has 0 aliphatic heterocycles. The molecule has 0 bridgehead atoms. The third-order valence-corrected chi connectivity index (χ3v) is 4.23. The van der Waals surface area contributed by atoms with E-state index in [4.69, 9.17) is 22.9 Å². The second kappa shape index (κ2) is 11.2. The molecular weight excluding hydrogens is 332 g/mol. The maximum atomic E-state index is 6.18. The van der Waals surface area contributed by atoms with Crippen molar-refractivity contribution in [3.63, 3.8) is 0 Å². The summed E-state index contributed by atoms with van der Waals surface area (Å²) in [6, 6.07) is 17.3. The molecule has 0 aromatic heterocycles. The zero-order valence-electron chi connectivity index (χ0n) is 14.7. The lowest BCUT2D eigenvalue weighted by atomic mass is 9.93. The fraction of sp³-hybridized carbons (Fsp3) is 0.400. The van der Waals surface area contributed by atoms with E-state index in [-0.39, 0.29) is 24.5 Å². The molecule has 2 atom stereocenters. The molecule has 0 saturated carbocycles. The molecule has 2 aromatic rings. The zero-order valence-corrected chi connectivity index (χ0v) is 15.6. The second-order valence-electron chi connectivity index (χ2n) is 6.49. The highest BCUT2D eigenvalue weighted by Crippen LogP contribution is 2.24. The third kappa shape index (κ3) is 7.14. The van der Waals surface area contributed by atoms with Crippen LogP contribution in [0.15, 0.2) is 48.5 Å². The van der Waals surface area contributed by atoms with Gasteiger partial charge in [0.15, 0.2) is 0 Å². The van der Waals surface area contributed by atoms with Crippen molar-refractivity contribution in [2.24, 2.45) is 22.9 Å². The fourth-order valence-corrected chi connectivity index (χ4v) is 3.03. The Morgan fingerprint density at radius 1 is 0.680 bits per heavy atom. The predicted octanol–water partition coefficient (Wildman–Crippen LogP) is 2.21. The normalized spacial score (nSPS) is 13.1. The van der Waals surface area contributed by atoms with Crippen molar-refractivity contribution in [2.45, 2.75) is 37.8 Å². The Balaban J connectivity index is 0.00000312. The lowest BCUT2D eigenvalue weighted by Gasteiger charge is -2.16. The van der Waals surface area contributed by atoms with Crippen LogP contribution in [0.4, 0.5) is 0 Å². The maximum absolute atomic E-state index is 6.18. The van der Waals surface area contributed by atoms with Crippen LogP contribution in [0.25, 0.3) is 11.1 Å². The van der Waals surface area contributed by atoms with Gasteiger partial charge >= 0.3 is 0 Å². The molecule has 0 fully saturated rings. The van der Waals surface area contributed by atoms with E-state index in [1.165, 1.54) is 22.3 Å². The van der Waals surface area contributed by atoms with E-state index in [0.717, 1.165) is 25.7 Å². The molecule has 25 heavy (non-hydrogen) atoms. The fourth-order valence-electron chi connectivity index (χ4n) is 3.03. The molecule has 138 valence electrons. The summed E-state index contributed by atoms with van der Waals surface area (Å²) >= 11 is 0. The Kier molecular flexibility index (Phi) is 9.71. The average Bonchev–Trinajstić information content (AvgIpc) is 2.55. The van der Waals surface area contributed by atoms with Gasteiger partial charge in [0.05, 0.1) is 0 Å². The Bertz CT molecular complexity index is 586. The van der Waals surface area contributed by atoms with Gasteiger partial charge in [0.2, 0.25) is 0 Å². The first-order chi connectivity index (χ1) is 11.6. The van der Waals surface area contributed by atoms with Crippen LogP contribution in [0.2, 0.25) is 0 Å². The number of benzene rings is 2. The van der Waals surface area contributed by atoms with Gasteiger partial charge in [-0.1, -0.05) is 48.5 Å². The first kappa shape index (κ1) is 21.6. The van der Waals surface area contributed by atoms with Crippen LogP contribution in [-0.2, 0) is 12.8 Å². The molecule has 0 amide bonds. The molecule has 8 N–H and O–H groups in total. The molecule has 2 rings (SSSR count). The summed E-state index contributed by atoms with van der Waals surface area (Å²) in [5, 5.41) is 0. The first-order valence-corrected chi connectivity index (χ1v) is 8.72. The summed E-state index contributed by atoms with van der Waals surface area (Å²) < 4.78 is 0. The molecule has 4 nitrogen and oxygen atoms in total. The van der Waals surface area contributed by atoms with Crippen molar-refractivity contribution < 1.29 is 0 Å². The molecule has 0 saturated heterocycles. The Morgan fingerprint density at radius 2 is 1.16 bits per heavy atom. The standard InChI is InChI=1S/C20H30N4.ClH/c21-8-6-19(23)13-15-10-16(14-20(24)7-9-22)12-18(11-15)17-4-2-1-3-5-17;/h1-5,10-12,19-20H,6-9,13-14,21-24H2;1H. The van der Waals surface area contributed by atoms with Gasteiger partial charge in [-0.25, -0.2) is 0 Å². The van der Waals surface area contributed by atoms with Crippen LogP contribution in [-0.4, -0.2) is 25.2 Å². The van der Waals surface area contributed by atoms with Gasteiger partial charge < -0.3 is 22.9 Å². The zero-order chi connectivity index (χ0) is 17.4. The largest absolute Gasteiger partial charge is 0.330 e. The summed E-state index contributed by atoms with van der Waals surface area (Å²) in [4.78, 5) is 0. The van der Waals surface area contributed by atoms with Crippen LogP contribution in [0.5, 0.6) is 0 Å². The van der Waals surface area contributed by atoms with Gasteiger partial charge in [0, 0.05) is 12.1 Å². The van der Waals surface area contributed by atoms with Crippen molar-refractivity contribution in [1.29, 1.82) is 0 Å². The van der Waals surface area contributed by atoms with E-state index in [9.17, 15) is 0 Å². The molecule has 2 unspecified atom stereocenters. The van der Waals surface area contributed by atoms with Gasteiger partial charge in [-0.3, -0.25) is 0 Å². The molecule has 0 spiro atoms.